The number of benzene rings is 2. The van der Waals surface area contributed by atoms with E-state index >= 15 is 0 Å². The molecular weight excluding hydrogens is 364 g/mol. The highest BCUT2D eigenvalue weighted by Gasteiger charge is 2.17. The summed E-state index contributed by atoms with van der Waals surface area (Å²) in [4.78, 5) is 2.41. The first kappa shape index (κ1) is 19.5. The number of nitrogens with one attached hydrogen (secondary N) is 2. The largest absolute Gasteiger partial charge is 0.372 e. The van der Waals surface area contributed by atoms with E-state index in [1.54, 1.807) is 0 Å². The predicted molar refractivity (Wildman–Crippen MR) is 111 cm³/mol. The van der Waals surface area contributed by atoms with Crippen molar-refractivity contribution in [3.8, 4) is 0 Å². The summed E-state index contributed by atoms with van der Waals surface area (Å²) in [5.74, 6) is -0.545. The zero-order valence-electron chi connectivity index (χ0n) is 15.6. The van der Waals surface area contributed by atoms with E-state index in [1.807, 2.05) is 6.92 Å². The molecule has 1 unspecified atom stereocenters. The molecule has 0 aliphatic carbocycles. The molecule has 2 N–H and O–H groups in total. The van der Waals surface area contributed by atoms with E-state index in [1.165, 1.54) is 36.7 Å². The monoisotopic (exact) mass is 389 g/mol. The molecule has 1 heterocycles. The molecule has 0 amide bonds. The second-order valence-electron chi connectivity index (χ2n) is 7.18. The molecule has 1 fully saturated rings. The molecule has 3 nitrogen and oxygen atoms in total. The van der Waals surface area contributed by atoms with Gasteiger partial charge in [0.05, 0.1) is 6.04 Å². The van der Waals surface area contributed by atoms with Crippen molar-refractivity contribution < 1.29 is 8.78 Å². The van der Waals surface area contributed by atoms with Crippen LogP contribution in [-0.2, 0) is 0 Å². The summed E-state index contributed by atoms with van der Waals surface area (Å²) in [6.07, 6.45) is 2.46. The Morgan fingerprint density at radius 2 is 1.67 bits per heavy atom. The van der Waals surface area contributed by atoms with E-state index in [9.17, 15) is 8.78 Å². The van der Waals surface area contributed by atoms with Gasteiger partial charge in [-0.15, -0.1) is 0 Å². The Kier molecular flexibility index (Phi) is 6.26. The first-order valence-corrected chi connectivity index (χ1v) is 9.71. The minimum absolute atomic E-state index is 0.0877. The maximum Gasteiger partial charge on any atom is 0.171 e. The third kappa shape index (κ3) is 4.95. The number of anilines is 2. The van der Waals surface area contributed by atoms with Crippen LogP contribution in [0.4, 0.5) is 20.2 Å². The number of para-hydroxylation sites is 1. The highest BCUT2D eigenvalue weighted by Crippen LogP contribution is 2.25. The molecule has 1 aliphatic heterocycles. The van der Waals surface area contributed by atoms with Crippen LogP contribution in [0, 0.1) is 17.6 Å². The van der Waals surface area contributed by atoms with Crippen LogP contribution in [0.1, 0.15) is 38.3 Å². The second kappa shape index (κ2) is 8.65. The van der Waals surface area contributed by atoms with Crippen molar-refractivity contribution in [2.24, 2.45) is 5.92 Å². The van der Waals surface area contributed by atoms with E-state index in [4.69, 9.17) is 12.2 Å². The molecule has 0 bridgehead atoms. The topological polar surface area (TPSA) is 27.3 Å². The lowest BCUT2D eigenvalue weighted by atomic mass is 9.98. The highest BCUT2D eigenvalue weighted by molar-refractivity contribution is 7.80. The average Bonchev–Trinajstić information content (AvgIpc) is 2.65. The fourth-order valence-electron chi connectivity index (χ4n) is 3.29. The molecule has 0 saturated carbocycles. The summed E-state index contributed by atoms with van der Waals surface area (Å²) in [5, 5.41) is 5.87. The van der Waals surface area contributed by atoms with Crippen LogP contribution in [0.15, 0.2) is 42.5 Å². The van der Waals surface area contributed by atoms with E-state index in [2.05, 4.69) is 46.7 Å². The number of hydrogen-bond acceptors (Lipinski definition) is 2. The van der Waals surface area contributed by atoms with Crippen molar-refractivity contribution in [3.63, 3.8) is 0 Å². The molecule has 0 aromatic heterocycles. The second-order valence-corrected chi connectivity index (χ2v) is 7.59. The zero-order chi connectivity index (χ0) is 19.4. The number of nitrogens with zero attached hydrogens (tertiary/aromatic N) is 1. The molecule has 1 aliphatic rings. The Bertz CT molecular complexity index is 766. The molecule has 6 heteroatoms. The Labute approximate surface area is 164 Å². The predicted octanol–water partition coefficient (Wildman–Crippen LogP) is 5.25. The van der Waals surface area contributed by atoms with Crippen LogP contribution in [0.3, 0.4) is 0 Å². The quantitative estimate of drug-likeness (QED) is 0.699. The lowest BCUT2D eigenvalue weighted by Gasteiger charge is -2.32. The highest BCUT2D eigenvalue weighted by atomic mass is 32.1. The normalized spacial score (nSPS) is 16.1. The summed E-state index contributed by atoms with van der Waals surface area (Å²) in [7, 11) is 0. The third-order valence-corrected chi connectivity index (χ3v) is 5.31. The minimum atomic E-state index is -0.674. The summed E-state index contributed by atoms with van der Waals surface area (Å²) in [6, 6.07) is 12.0. The van der Waals surface area contributed by atoms with Gasteiger partial charge in [0.15, 0.2) is 5.11 Å². The van der Waals surface area contributed by atoms with E-state index in [0.29, 0.717) is 0 Å². The Balaban J connectivity index is 1.59. The molecule has 27 heavy (non-hydrogen) atoms. The van der Waals surface area contributed by atoms with Crippen molar-refractivity contribution in [2.45, 2.75) is 32.7 Å². The zero-order valence-corrected chi connectivity index (χ0v) is 16.5. The Morgan fingerprint density at radius 1 is 1.07 bits per heavy atom. The minimum Gasteiger partial charge on any atom is -0.372 e. The van der Waals surface area contributed by atoms with Gasteiger partial charge >= 0.3 is 0 Å². The van der Waals surface area contributed by atoms with E-state index in [-0.39, 0.29) is 16.8 Å². The fraction of sp³-hybridized carbons (Fsp3) is 0.381. The number of hydrogen-bond donors (Lipinski definition) is 2. The SMILES string of the molecule is CC1CCN(c2ccc(C(C)NC(=S)Nc3c(F)cccc3F)cc2)CC1. The Hall–Kier alpha value is -2.21. The van der Waals surface area contributed by atoms with Crippen molar-refractivity contribution in [2.75, 3.05) is 23.3 Å². The third-order valence-electron chi connectivity index (χ3n) is 5.09. The molecule has 2 aromatic carbocycles. The summed E-state index contributed by atoms with van der Waals surface area (Å²) in [5.41, 5.74) is 2.05. The molecule has 0 radical (unpaired) electrons. The lowest BCUT2D eigenvalue weighted by Crippen LogP contribution is -2.33. The molecule has 1 saturated heterocycles. The van der Waals surface area contributed by atoms with Crippen molar-refractivity contribution in [3.05, 3.63) is 59.7 Å². The standard InChI is InChI=1S/C21H25F2N3S/c1-14-10-12-26(13-11-14)17-8-6-16(7-9-17)15(2)24-21(27)25-20-18(22)4-3-5-19(20)23/h3-9,14-15H,10-13H2,1-2H3,(H2,24,25,27). The van der Waals surface area contributed by atoms with Gasteiger partial charge in [-0.05, 0) is 67.7 Å². The lowest BCUT2D eigenvalue weighted by molar-refractivity contribution is 0.438. The fourth-order valence-corrected chi connectivity index (χ4v) is 3.57. The van der Waals surface area contributed by atoms with Crippen LogP contribution in [0.25, 0.3) is 0 Å². The number of rotatable bonds is 4. The van der Waals surface area contributed by atoms with Crippen molar-refractivity contribution in [1.29, 1.82) is 0 Å². The Morgan fingerprint density at radius 3 is 2.26 bits per heavy atom. The van der Waals surface area contributed by atoms with Gasteiger partial charge in [0.2, 0.25) is 0 Å². The van der Waals surface area contributed by atoms with Gasteiger partial charge in [-0.1, -0.05) is 25.1 Å². The van der Waals surface area contributed by atoms with Gasteiger partial charge in [-0.25, -0.2) is 8.78 Å². The molecule has 2 aromatic rings. The molecule has 0 spiro atoms. The van der Waals surface area contributed by atoms with Crippen LogP contribution in [0.2, 0.25) is 0 Å². The van der Waals surface area contributed by atoms with Gasteiger partial charge in [-0.2, -0.15) is 0 Å². The molecule has 1 atom stereocenters. The summed E-state index contributed by atoms with van der Waals surface area (Å²) >= 11 is 5.21. The first-order chi connectivity index (χ1) is 12.9. The first-order valence-electron chi connectivity index (χ1n) is 9.30. The van der Waals surface area contributed by atoms with Crippen LogP contribution in [-0.4, -0.2) is 18.2 Å². The molecule has 3 rings (SSSR count). The number of halogens is 2. The number of thiocarbonyl (C=S) groups is 1. The van der Waals surface area contributed by atoms with E-state index in [0.717, 1.165) is 24.6 Å². The van der Waals surface area contributed by atoms with E-state index < -0.39 is 11.6 Å². The van der Waals surface area contributed by atoms with Gasteiger partial charge in [0, 0.05) is 18.8 Å². The van der Waals surface area contributed by atoms with Gasteiger partial charge in [-0.3, -0.25) is 0 Å². The van der Waals surface area contributed by atoms with Crippen LogP contribution < -0.4 is 15.5 Å². The van der Waals surface area contributed by atoms with Crippen molar-refractivity contribution >= 4 is 28.7 Å². The van der Waals surface area contributed by atoms with Crippen molar-refractivity contribution in [1.82, 2.24) is 5.32 Å². The maximum absolute atomic E-state index is 13.7. The van der Waals surface area contributed by atoms with Gasteiger partial charge < -0.3 is 15.5 Å². The van der Waals surface area contributed by atoms with Gasteiger partial charge in [0.25, 0.3) is 0 Å². The van der Waals surface area contributed by atoms with Gasteiger partial charge in [0.1, 0.15) is 17.3 Å². The summed E-state index contributed by atoms with van der Waals surface area (Å²) < 4.78 is 27.4. The smallest absolute Gasteiger partial charge is 0.171 e. The molecule has 144 valence electrons. The molecular formula is C21H25F2N3S. The summed E-state index contributed by atoms with van der Waals surface area (Å²) in [6.45, 7) is 6.45. The average molecular weight is 390 g/mol. The number of piperidine rings is 1. The van der Waals surface area contributed by atoms with Crippen LogP contribution >= 0.6 is 12.2 Å². The van der Waals surface area contributed by atoms with Crippen LogP contribution in [0.5, 0.6) is 0 Å². The maximum atomic E-state index is 13.7.